The zero-order valence-corrected chi connectivity index (χ0v) is 15.8. The van der Waals surface area contributed by atoms with Crippen molar-refractivity contribution in [1.82, 2.24) is 5.32 Å². The highest BCUT2D eigenvalue weighted by Crippen LogP contribution is 2.23. The minimum Gasteiger partial charge on any atom is -0.344 e. The Hall–Kier alpha value is -2.95. The van der Waals surface area contributed by atoms with E-state index < -0.39 is 52.9 Å². The highest BCUT2D eigenvalue weighted by Gasteiger charge is 2.21. The summed E-state index contributed by atoms with van der Waals surface area (Å²) in [6.07, 6.45) is -2.41. The van der Waals surface area contributed by atoms with E-state index in [1.54, 1.807) is 5.32 Å². The van der Waals surface area contributed by atoms with Gasteiger partial charge in [0.25, 0.3) is 5.91 Å². The summed E-state index contributed by atoms with van der Waals surface area (Å²) in [6, 6.07) is 7.86. The number of nitrogens with one attached hydrogen (secondary N) is 1. The molecule has 2 aromatic rings. The number of nitrogens with zero attached hydrogens (tertiary/aromatic N) is 1. The molecule has 0 heterocycles. The van der Waals surface area contributed by atoms with Crippen molar-refractivity contribution in [2.75, 3.05) is 17.1 Å². The van der Waals surface area contributed by atoms with Crippen LogP contribution < -0.4 is 9.62 Å². The van der Waals surface area contributed by atoms with E-state index in [9.17, 15) is 35.6 Å². The van der Waals surface area contributed by atoms with Crippen molar-refractivity contribution >= 4 is 27.4 Å². The van der Waals surface area contributed by atoms with Gasteiger partial charge in [-0.05, 0) is 24.3 Å². The maximum absolute atomic E-state index is 14.4. The first-order valence-corrected chi connectivity index (χ1v) is 9.94. The van der Waals surface area contributed by atoms with Crippen molar-refractivity contribution in [2.45, 2.75) is 13.0 Å². The molecular formula is C18H16F4N2O4S. The fourth-order valence-electron chi connectivity index (χ4n) is 2.38. The lowest BCUT2D eigenvalue weighted by Gasteiger charge is -2.23. The second-order valence-corrected chi connectivity index (χ2v) is 7.90. The van der Waals surface area contributed by atoms with Crippen LogP contribution in [0.5, 0.6) is 0 Å². The van der Waals surface area contributed by atoms with Crippen LogP contribution in [0, 0.1) is 11.6 Å². The van der Waals surface area contributed by atoms with Gasteiger partial charge in [0.2, 0.25) is 10.0 Å². The van der Waals surface area contributed by atoms with Gasteiger partial charge in [-0.1, -0.05) is 18.2 Å². The van der Waals surface area contributed by atoms with E-state index in [4.69, 9.17) is 0 Å². The second-order valence-electron chi connectivity index (χ2n) is 6.00. The third-order valence-electron chi connectivity index (χ3n) is 3.81. The molecular weight excluding hydrogens is 416 g/mol. The zero-order chi connectivity index (χ0) is 21.8. The maximum atomic E-state index is 14.4. The first-order chi connectivity index (χ1) is 13.5. The lowest BCUT2D eigenvalue weighted by Crippen LogP contribution is -2.34. The Morgan fingerprint density at radius 3 is 2.34 bits per heavy atom. The van der Waals surface area contributed by atoms with Crippen LogP contribution in [0.2, 0.25) is 0 Å². The molecule has 0 radical (unpaired) electrons. The highest BCUT2D eigenvalue weighted by atomic mass is 32.2. The van der Waals surface area contributed by atoms with Crippen molar-refractivity contribution < 1.29 is 35.6 Å². The summed E-state index contributed by atoms with van der Waals surface area (Å²) in [7, 11) is -3.89. The van der Waals surface area contributed by atoms with E-state index >= 15 is 0 Å². The van der Waals surface area contributed by atoms with Gasteiger partial charge in [-0.15, -0.1) is 0 Å². The fourth-order valence-corrected chi connectivity index (χ4v) is 3.25. The van der Waals surface area contributed by atoms with Gasteiger partial charge in [0.15, 0.2) is 5.78 Å². The predicted molar refractivity (Wildman–Crippen MR) is 97.2 cm³/mol. The Kier molecular flexibility index (Phi) is 6.96. The largest absolute Gasteiger partial charge is 0.344 e. The number of ketones is 1. The quantitative estimate of drug-likeness (QED) is 0.513. The molecule has 0 saturated carbocycles. The molecule has 0 aliphatic carbocycles. The van der Waals surface area contributed by atoms with E-state index in [0.717, 1.165) is 34.8 Å². The van der Waals surface area contributed by atoms with Crippen molar-refractivity contribution in [3.8, 4) is 0 Å². The monoisotopic (exact) mass is 432 g/mol. The van der Waals surface area contributed by atoms with E-state index in [0.29, 0.717) is 0 Å². The van der Waals surface area contributed by atoms with Crippen LogP contribution in [-0.2, 0) is 21.4 Å². The molecule has 0 bridgehead atoms. The Morgan fingerprint density at radius 2 is 1.79 bits per heavy atom. The number of hydrogen-bond donors (Lipinski definition) is 1. The Labute approximate surface area is 164 Å². The molecule has 0 spiro atoms. The van der Waals surface area contributed by atoms with E-state index in [2.05, 4.69) is 0 Å². The van der Waals surface area contributed by atoms with Crippen LogP contribution in [-0.4, -0.2) is 39.3 Å². The number of rotatable bonds is 8. The third kappa shape index (κ3) is 6.01. The smallest absolute Gasteiger partial charge is 0.315 e. The topological polar surface area (TPSA) is 83.6 Å². The Bertz CT molecular complexity index is 1030. The summed E-state index contributed by atoms with van der Waals surface area (Å²) in [5, 5.41) is 1.71. The normalized spacial score (nSPS) is 11.4. The van der Waals surface area contributed by atoms with Gasteiger partial charge in [0.1, 0.15) is 11.6 Å². The van der Waals surface area contributed by atoms with Crippen molar-refractivity contribution in [2.24, 2.45) is 0 Å². The lowest BCUT2D eigenvalue weighted by atomic mass is 10.1. The SMILES string of the molecule is CS(=O)(=O)N(Cc1ccc(C(=O)CNC(=O)C(F)F)cc1F)c1cccc(F)c1. The predicted octanol–water partition coefficient (Wildman–Crippen LogP) is 2.50. The van der Waals surface area contributed by atoms with Gasteiger partial charge < -0.3 is 5.32 Å². The number of halogens is 4. The van der Waals surface area contributed by atoms with Gasteiger partial charge in [-0.2, -0.15) is 8.78 Å². The molecule has 11 heteroatoms. The minimum absolute atomic E-state index is 0.0123. The summed E-state index contributed by atoms with van der Waals surface area (Å²) in [5.41, 5.74) is -0.313. The third-order valence-corrected chi connectivity index (χ3v) is 4.95. The lowest BCUT2D eigenvalue weighted by molar-refractivity contribution is -0.131. The summed E-state index contributed by atoms with van der Waals surface area (Å²) >= 11 is 0. The number of sulfonamides is 1. The molecule has 0 fully saturated rings. The first kappa shape index (κ1) is 22.3. The number of hydrogen-bond acceptors (Lipinski definition) is 4. The van der Waals surface area contributed by atoms with E-state index in [1.807, 2.05) is 0 Å². The van der Waals surface area contributed by atoms with E-state index in [-0.39, 0.29) is 16.8 Å². The average Bonchev–Trinajstić information content (AvgIpc) is 2.63. The van der Waals surface area contributed by atoms with Gasteiger partial charge in [0, 0.05) is 11.1 Å². The molecule has 1 amide bonds. The summed E-state index contributed by atoms with van der Waals surface area (Å²) in [4.78, 5) is 22.7. The second kappa shape index (κ2) is 9.03. The van der Waals surface area contributed by atoms with E-state index in [1.165, 1.54) is 18.2 Å². The minimum atomic E-state index is -3.89. The molecule has 0 aliphatic heterocycles. The number of alkyl halides is 2. The van der Waals surface area contributed by atoms with Crippen LogP contribution in [0.25, 0.3) is 0 Å². The molecule has 0 atom stereocenters. The van der Waals surface area contributed by atoms with Gasteiger partial charge >= 0.3 is 6.43 Å². The number of carbonyl (C=O) groups is 2. The molecule has 6 nitrogen and oxygen atoms in total. The van der Waals surface area contributed by atoms with Crippen LogP contribution in [0.15, 0.2) is 42.5 Å². The molecule has 0 aromatic heterocycles. The molecule has 1 N–H and O–H groups in total. The number of amides is 1. The number of anilines is 1. The van der Waals surface area contributed by atoms with Crippen molar-refractivity contribution in [3.63, 3.8) is 0 Å². The molecule has 29 heavy (non-hydrogen) atoms. The number of carbonyl (C=O) groups excluding carboxylic acids is 2. The number of benzene rings is 2. The molecule has 0 saturated heterocycles. The molecule has 156 valence electrons. The van der Waals surface area contributed by atoms with Crippen LogP contribution in [0.1, 0.15) is 15.9 Å². The maximum Gasteiger partial charge on any atom is 0.315 e. The molecule has 0 unspecified atom stereocenters. The first-order valence-electron chi connectivity index (χ1n) is 8.10. The van der Waals surface area contributed by atoms with Crippen LogP contribution in [0.3, 0.4) is 0 Å². The highest BCUT2D eigenvalue weighted by molar-refractivity contribution is 7.92. The van der Waals surface area contributed by atoms with Gasteiger partial charge in [-0.3, -0.25) is 13.9 Å². The van der Waals surface area contributed by atoms with Crippen molar-refractivity contribution in [1.29, 1.82) is 0 Å². The fraction of sp³-hybridized carbons (Fsp3) is 0.222. The molecule has 0 aliphatic rings. The number of Topliss-reactive ketones (excluding diaryl/α,β-unsaturated/α-hetero) is 1. The summed E-state index contributed by atoms with van der Waals surface area (Å²) in [6.45, 7) is -1.22. The molecule has 2 aromatic carbocycles. The van der Waals surface area contributed by atoms with Crippen molar-refractivity contribution in [3.05, 3.63) is 65.2 Å². The van der Waals surface area contributed by atoms with Crippen LogP contribution >= 0.6 is 0 Å². The zero-order valence-electron chi connectivity index (χ0n) is 15.0. The Balaban J connectivity index is 2.22. The van der Waals surface area contributed by atoms with Gasteiger partial charge in [-0.25, -0.2) is 17.2 Å². The molecule has 2 rings (SSSR count). The standard InChI is InChI=1S/C18H16F4N2O4S/c1-29(27,28)24(14-4-2-3-13(19)8-14)10-12-6-5-11(7-15(12)20)16(25)9-23-18(26)17(21)22/h2-8,17H,9-10H2,1H3,(H,23,26). The Morgan fingerprint density at radius 1 is 1.10 bits per heavy atom. The summed E-state index contributed by atoms with van der Waals surface area (Å²) < 4.78 is 77.0. The summed E-state index contributed by atoms with van der Waals surface area (Å²) in [5.74, 6) is -4.05. The van der Waals surface area contributed by atoms with Crippen LogP contribution in [0.4, 0.5) is 23.2 Å². The van der Waals surface area contributed by atoms with Gasteiger partial charge in [0.05, 0.1) is 25.0 Å². The average molecular weight is 432 g/mol.